The van der Waals surface area contributed by atoms with Crippen LogP contribution in [-0.4, -0.2) is 58.8 Å². The molecule has 3 heterocycles. The Balaban J connectivity index is 1.63. The van der Waals surface area contributed by atoms with Crippen LogP contribution in [0.1, 0.15) is 100 Å². The molecule has 1 amide bonds. The highest BCUT2D eigenvalue weighted by Gasteiger charge is 2.59. The molecule has 2 aromatic rings. The molecule has 0 unspecified atom stereocenters. The number of carbonyl (C=O) groups is 2. The van der Waals surface area contributed by atoms with E-state index in [-0.39, 0.29) is 23.8 Å². The highest BCUT2D eigenvalue weighted by atomic mass is 16.5. The van der Waals surface area contributed by atoms with Gasteiger partial charge in [0.05, 0.1) is 13.2 Å². The van der Waals surface area contributed by atoms with Gasteiger partial charge in [-0.3, -0.25) is 4.79 Å². The molecule has 2 saturated heterocycles. The topological polar surface area (TPSA) is 101 Å². The molecule has 41 heavy (non-hydrogen) atoms. The van der Waals surface area contributed by atoms with Crippen molar-refractivity contribution in [1.82, 2.24) is 15.2 Å². The Morgan fingerprint density at radius 2 is 1.93 bits per heavy atom. The standard InChI is InChI=1S/C33H45N3O5/c1-19(2)23-10-7-8-11-24(23)28-27(34-18-22-16-21(20-13-14-20)17-35-30(22)40-6)26(33(3,4)5)29(32(38)39)36(28)31(37)25-12-9-15-41-25/h7-8,10-11,16-17,19-20,25-29,34H,9,12-15,18H2,1-6H3,(H,38,39)/t25-,26-,27-,28-,29-/m0/s1. The first kappa shape index (κ1) is 29.5. The van der Waals surface area contributed by atoms with Crippen LogP contribution in [0.4, 0.5) is 0 Å². The van der Waals surface area contributed by atoms with E-state index in [1.165, 1.54) is 18.4 Å². The minimum atomic E-state index is -1.01. The fraction of sp³-hybridized carbons (Fsp3) is 0.606. The Morgan fingerprint density at radius 1 is 1.20 bits per heavy atom. The van der Waals surface area contributed by atoms with Gasteiger partial charge in [-0.2, -0.15) is 0 Å². The highest BCUT2D eigenvalue weighted by Crippen LogP contribution is 2.50. The number of carbonyl (C=O) groups excluding carboxylic acids is 1. The van der Waals surface area contributed by atoms with Crippen LogP contribution in [0.2, 0.25) is 0 Å². The summed E-state index contributed by atoms with van der Waals surface area (Å²) >= 11 is 0. The number of pyridine rings is 1. The second-order valence-corrected chi connectivity index (χ2v) is 13.3. The molecule has 2 N–H and O–H groups in total. The predicted molar refractivity (Wildman–Crippen MR) is 157 cm³/mol. The monoisotopic (exact) mass is 563 g/mol. The fourth-order valence-corrected chi connectivity index (χ4v) is 6.99. The third-order valence-electron chi connectivity index (χ3n) is 9.03. The zero-order valence-electron chi connectivity index (χ0n) is 25.2. The molecular weight excluding hydrogens is 518 g/mol. The number of benzene rings is 1. The summed E-state index contributed by atoms with van der Waals surface area (Å²) in [6, 6.07) is 8.49. The minimum Gasteiger partial charge on any atom is -0.481 e. The maximum absolute atomic E-state index is 14.2. The second kappa shape index (κ2) is 11.7. The lowest BCUT2D eigenvalue weighted by Gasteiger charge is -2.35. The molecule has 0 spiro atoms. The second-order valence-electron chi connectivity index (χ2n) is 13.3. The Bertz CT molecular complexity index is 1260. The average molecular weight is 564 g/mol. The number of likely N-dealkylation sites (tertiary alicyclic amines) is 1. The first-order valence-corrected chi connectivity index (χ1v) is 15.0. The lowest BCUT2D eigenvalue weighted by molar-refractivity contribution is -0.156. The molecule has 5 rings (SSSR count). The zero-order chi connectivity index (χ0) is 29.5. The Kier molecular flexibility index (Phi) is 8.44. The van der Waals surface area contributed by atoms with E-state index >= 15 is 0 Å². The van der Waals surface area contributed by atoms with Gasteiger partial charge in [0, 0.05) is 36.9 Å². The van der Waals surface area contributed by atoms with Crippen LogP contribution in [-0.2, 0) is 20.9 Å². The van der Waals surface area contributed by atoms with E-state index in [9.17, 15) is 14.7 Å². The van der Waals surface area contributed by atoms with E-state index in [0.29, 0.717) is 31.4 Å². The van der Waals surface area contributed by atoms with Crippen molar-refractivity contribution in [3.8, 4) is 5.88 Å². The molecule has 8 heteroatoms. The summed E-state index contributed by atoms with van der Waals surface area (Å²) in [7, 11) is 1.63. The van der Waals surface area contributed by atoms with Crippen LogP contribution < -0.4 is 10.1 Å². The maximum atomic E-state index is 14.2. The lowest BCUT2D eigenvalue weighted by atomic mass is 9.72. The molecular formula is C33H45N3O5. The number of hydrogen-bond acceptors (Lipinski definition) is 6. The highest BCUT2D eigenvalue weighted by molar-refractivity contribution is 5.88. The van der Waals surface area contributed by atoms with Gasteiger partial charge in [0.25, 0.3) is 5.91 Å². The van der Waals surface area contributed by atoms with Gasteiger partial charge >= 0.3 is 5.97 Å². The van der Waals surface area contributed by atoms with Crippen molar-refractivity contribution in [3.05, 3.63) is 58.8 Å². The van der Waals surface area contributed by atoms with E-state index in [0.717, 1.165) is 23.1 Å². The van der Waals surface area contributed by atoms with Crippen LogP contribution in [0, 0.1) is 11.3 Å². The number of nitrogens with zero attached hydrogens (tertiary/aromatic N) is 2. The molecule has 1 aliphatic carbocycles. The lowest BCUT2D eigenvalue weighted by Crippen LogP contribution is -2.50. The maximum Gasteiger partial charge on any atom is 0.326 e. The molecule has 8 nitrogen and oxygen atoms in total. The van der Waals surface area contributed by atoms with Gasteiger partial charge in [-0.15, -0.1) is 0 Å². The normalized spacial score (nSPS) is 26.5. The van der Waals surface area contributed by atoms with E-state index in [1.807, 2.05) is 18.3 Å². The molecule has 1 aromatic heterocycles. The smallest absolute Gasteiger partial charge is 0.326 e. The van der Waals surface area contributed by atoms with Crippen molar-refractivity contribution in [1.29, 1.82) is 0 Å². The summed E-state index contributed by atoms with van der Waals surface area (Å²) in [6.45, 7) is 11.5. The summed E-state index contributed by atoms with van der Waals surface area (Å²) in [5.41, 5.74) is 3.83. The van der Waals surface area contributed by atoms with Crippen LogP contribution in [0.3, 0.4) is 0 Å². The summed E-state index contributed by atoms with van der Waals surface area (Å²) in [5.74, 6) is -0.283. The number of carboxylic acids is 1. The third kappa shape index (κ3) is 5.86. The van der Waals surface area contributed by atoms with Crippen molar-refractivity contribution >= 4 is 11.9 Å². The first-order chi connectivity index (χ1) is 19.5. The number of carboxylic acid groups (broad SMARTS) is 1. The number of nitrogens with one attached hydrogen (secondary N) is 1. The summed E-state index contributed by atoms with van der Waals surface area (Å²) in [6.07, 6.45) is 5.02. The molecule has 0 bridgehead atoms. The Morgan fingerprint density at radius 3 is 2.51 bits per heavy atom. The minimum absolute atomic E-state index is 0.197. The van der Waals surface area contributed by atoms with E-state index in [4.69, 9.17) is 9.47 Å². The van der Waals surface area contributed by atoms with Crippen molar-refractivity contribution in [2.75, 3.05) is 13.7 Å². The molecule has 0 radical (unpaired) electrons. The number of aliphatic carboxylic acids is 1. The number of methoxy groups -OCH3 is 1. The SMILES string of the molecule is COc1ncc(C2CC2)cc1CN[C@H]1[C@H](C(C)(C)C)[C@@H](C(=O)O)N(C(=O)[C@@H]2CCCO2)[C@H]1c1ccccc1C(C)C. The molecule has 2 aliphatic heterocycles. The largest absolute Gasteiger partial charge is 0.481 e. The van der Waals surface area contributed by atoms with Crippen molar-refractivity contribution in [2.24, 2.45) is 11.3 Å². The number of hydrogen-bond donors (Lipinski definition) is 2. The van der Waals surface area contributed by atoms with E-state index in [1.54, 1.807) is 12.0 Å². The Hall–Kier alpha value is -2.97. The van der Waals surface area contributed by atoms with Crippen molar-refractivity contribution in [3.63, 3.8) is 0 Å². The molecule has 222 valence electrons. The van der Waals surface area contributed by atoms with E-state index < -0.39 is 29.6 Å². The van der Waals surface area contributed by atoms with Crippen LogP contribution in [0.5, 0.6) is 5.88 Å². The zero-order valence-corrected chi connectivity index (χ0v) is 25.2. The van der Waals surface area contributed by atoms with Gasteiger partial charge in [0.2, 0.25) is 5.88 Å². The van der Waals surface area contributed by atoms with Gasteiger partial charge in [0.15, 0.2) is 0 Å². The quantitative estimate of drug-likeness (QED) is 0.420. The molecule has 1 aromatic carbocycles. The third-order valence-corrected chi connectivity index (χ3v) is 9.03. The number of ether oxygens (including phenoxy) is 2. The molecule has 1 saturated carbocycles. The van der Waals surface area contributed by atoms with Gasteiger partial charge < -0.3 is 24.8 Å². The van der Waals surface area contributed by atoms with Crippen molar-refractivity contribution < 1.29 is 24.2 Å². The summed E-state index contributed by atoms with van der Waals surface area (Å²) < 4.78 is 11.5. The number of amides is 1. The fourth-order valence-electron chi connectivity index (χ4n) is 6.99. The molecule has 3 fully saturated rings. The van der Waals surface area contributed by atoms with Crippen molar-refractivity contribution in [2.45, 2.75) is 103 Å². The van der Waals surface area contributed by atoms with Crippen LogP contribution in [0.15, 0.2) is 36.5 Å². The predicted octanol–water partition coefficient (Wildman–Crippen LogP) is 5.43. The number of rotatable bonds is 9. The molecule has 3 aliphatic rings. The first-order valence-electron chi connectivity index (χ1n) is 15.0. The van der Waals surface area contributed by atoms with Gasteiger partial charge in [0.1, 0.15) is 12.1 Å². The van der Waals surface area contributed by atoms with Crippen LogP contribution >= 0.6 is 0 Å². The molecule has 5 atom stereocenters. The van der Waals surface area contributed by atoms with Gasteiger partial charge in [-0.1, -0.05) is 58.9 Å². The summed E-state index contributed by atoms with van der Waals surface area (Å²) in [5, 5.41) is 14.5. The van der Waals surface area contributed by atoms with Crippen LogP contribution in [0.25, 0.3) is 0 Å². The summed E-state index contributed by atoms with van der Waals surface area (Å²) in [4.78, 5) is 33.6. The van der Waals surface area contributed by atoms with Gasteiger partial charge in [-0.05, 0) is 65.7 Å². The van der Waals surface area contributed by atoms with E-state index in [2.05, 4.69) is 63.1 Å². The average Bonchev–Trinajstić information content (AvgIpc) is 3.51. The Labute approximate surface area is 243 Å². The number of aromatic nitrogens is 1. The van der Waals surface area contributed by atoms with Gasteiger partial charge in [-0.25, -0.2) is 9.78 Å².